The standard InChI is InChI=1S/C14H22N2O/c1-8-6-13(15)10(3)11(4)14(8)9(2)7-16-12(5)17/h6,9H,7,15H2,1-5H3,(H,16,17). The van der Waals surface area contributed by atoms with E-state index in [1.807, 2.05) is 13.0 Å². The van der Waals surface area contributed by atoms with Gasteiger partial charge in [-0.3, -0.25) is 4.79 Å². The van der Waals surface area contributed by atoms with Gasteiger partial charge in [0.25, 0.3) is 0 Å². The van der Waals surface area contributed by atoms with Crippen molar-refractivity contribution in [3.8, 4) is 0 Å². The zero-order chi connectivity index (χ0) is 13.2. The molecule has 3 N–H and O–H groups in total. The number of rotatable bonds is 3. The van der Waals surface area contributed by atoms with E-state index in [-0.39, 0.29) is 5.91 Å². The average Bonchev–Trinajstić information content (AvgIpc) is 2.23. The third-order valence-electron chi connectivity index (χ3n) is 3.35. The lowest BCUT2D eigenvalue weighted by Crippen LogP contribution is -2.25. The maximum absolute atomic E-state index is 10.9. The molecule has 3 nitrogen and oxygen atoms in total. The van der Waals surface area contributed by atoms with Crippen LogP contribution in [0.2, 0.25) is 0 Å². The Morgan fingerprint density at radius 1 is 1.35 bits per heavy atom. The third kappa shape index (κ3) is 2.99. The molecule has 0 aliphatic rings. The minimum atomic E-state index is 0.0133. The normalized spacial score (nSPS) is 12.3. The maximum atomic E-state index is 10.9. The van der Waals surface area contributed by atoms with Gasteiger partial charge in [-0.15, -0.1) is 0 Å². The van der Waals surface area contributed by atoms with Gasteiger partial charge in [0.15, 0.2) is 0 Å². The van der Waals surface area contributed by atoms with Crippen molar-refractivity contribution in [2.24, 2.45) is 0 Å². The lowest BCUT2D eigenvalue weighted by molar-refractivity contribution is -0.119. The average molecular weight is 234 g/mol. The van der Waals surface area contributed by atoms with Crippen molar-refractivity contribution >= 4 is 11.6 Å². The number of hydrogen-bond acceptors (Lipinski definition) is 2. The third-order valence-corrected chi connectivity index (χ3v) is 3.35. The Kier molecular flexibility index (Phi) is 4.16. The first kappa shape index (κ1) is 13.6. The SMILES string of the molecule is CC(=O)NCC(C)c1c(C)cc(N)c(C)c1C. The van der Waals surface area contributed by atoms with E-state index < -0.39 is 0 Å². The number of benzene rings is 1. The Morgan fingerprint density at radius 2 is 1.94 bits per heavy atom. The van der Waals surface area contributed by atoms with Crippen LogP contribution in [0.4, 0.5) is 5.69 Å². The first-order chi connectivity index (χ1) is 7.84. The van der Waals surface area contributed by atoms with E-state index in [1.54, 1.807) is 6.92 Å². The molecule has 0 aliphatic carbocycles. The predicted molar refractivity (Wildman–Crippen MR) is 72.2 cm³/mol. The van der Waals surface area contributed by atoms with Gasteiger partial charge in [-0.1, -0.05) is 6.92 Å². The number of carbonyl (C=O) groups excluding carboxylic acids is 1. The predicted octanol–water partition coefficient (Wildman–Crippen LogP) is 2.43. The molecule has 0 heterocycles. The molecule has 1 atom stereocenters. The Morgan fingerprint density at radius 3 is 2.47 bits per heavy atom. The molecule has 0 aliphatic heterocycles. The molecular formula is C14H22N2O. The fraction of sp³-hybridized carbons (Fsp3) is 0.500. The Bertz CT molecular complexity index is 438. The van der Waals surface area contributed by atoms with Crippen molar-refractivity contribution in [2.75, 3.05) is 12.3 Å². The molecule has 1 rings (SSSR count). The van der Waals surface area contributed by atoms with Crippen LogP contribution in [0.1, 0.15) is 42.0 Å². The van der Waals surface area contributed by atoms with E-state index in [4.69, 9.17) is 5.73 Å². The summed E-state index contributed by atoms with van der Waals surface area (Å²) in [5.74, 6) is 0.317. The summed E-state index contributed by atoms with van der Waals surface area (Å²) in [4.78, 5) is 10.9. The fourth-order valence-corrected chi connectivity index (χ4v) is 2.29. The second-order valence-corrected chi connectivity index (χ2v) is 4.78. The zero-order valence-electron chi connectivity index (χ0n) is 11.3. The fourth-order valence-electron chi connectivity index (χ4n) is 2.29. The molecule has 0 saturated heterocycles. The van der Waals surface area contributed by atoms with Crippen LogP contribution in [-0.4, -0.2) is 12.5 Å². The monoisotopic (exact) mass is 234 g/mol. The minimum absolute atomic E-state index is 0.0133. The van der Waals surface area contributed by atoms with Gasteiger partial charge in [0.05, 0.1) is 0 Å². The topological polar surface area (TPSA) is 55.1 Å². The largest absolute Gasteiger partial charge is 0.398 e. The molecule has 0 spiro atoms. The Hall–Kier alpha value is -1.51. The molecule has 0 radical (unpaired) electrons. The summed E-state index contributed by atoms with van der Waals surface area (Å²) in [6.07, 6.45) is 0. The number of nitrogen functional groups attached to an aromatic ring is 1. The number of anilines is 1. The highest BCUT2D eigenvalue weighted by Gasteiger charge is 2.14. The summed E-state index contributed by atoms with van der Waals surface area (Å²) >= 11 is 0. The quantitative estimate of drug-likeness (QED) is 0.789. The van der Waals surface area contributed by atoms with Crippen LogP contribution in [0.3, 0.4) is 0 Å². The van der Waals surface area contributed by atoms with Crippen molar-refractivity contribution in [1.82, 2.24) is 5.32 Å². The molecule has 17 heavy (non-hydrogen) atoms. The molecule has 3 heteroatoms. The van der Waals surface area contributed by atoms with Gasteiger partial charge in [0.2, 0.25) is 5.91 Å². The highest BCUT2D eigenvalue weighted by Crippen LogP contribution is 2.29. The second-order valence-electron chi connectivity index (χ2n) is 4.78. The number of aryl methyl sites for hydroxylation is 1. The van der Waals surface area contributed by atoms with Crippen molar-refractivity contribution in [1.29, 1.82) is 0 Å². The van der Waals surface area contributed by atoms with Crippen LogP contribution < -0.4 is 11.1 Å². The van der Waals surface area contributed by atoms with Crippen LogP contribution in [-0.2, 0) is 4.79 Å². The van der Waals surface area contributed by atoms with E-state index in [9.17, 15) is 4.79 Å². The molecule has 1 unspecified atom stereocenters. The summed E-state index contributed by atoms with van der Waals surface area (Å²) in [5.41, 5.74) is 11.7. The molecule has 0 fully saturated rings. The van der Waals surface area contributed by atoms with Gasteiger partial charge >= 0.3 is 0 Å². The summed E-state index contributed by atoms with van der Waals surface area (Å²) in [6.45, 7) is 10.5. The molecule has 0 saturated carbocycles. The molecule has 94 valence electrons. The molecular weight excluding hydrogens is 212 g/mol. The maximum Gasteiger partial charge on any atom is 0.216 e. The number of nitrogens with two attached hydrogens (primary N) is 1. The van der Waals surface area contributed by atoms with Crippen LogP contribution in [0.5, 0.6) is 0 Å². The molecule has 1 aromatic carbocycles. The molecule has 0 bridgehead atoms. The molecule has 1 amide bonds. The smallest absolute Gasteiger partial charge is 0.216 e. The van der Waals surface area contributed by atoms with Crippen LogP contribution in [0.15, 0.2) is 6.07 Å². The molecule has 0 aromatic heterocycles. The van der Waals surface area contributed by atoms with Gasteiger partial charge in [0, 0.05) is 19.2 Å². The lowest BCUT2D eigenvalue weighted by atomic mass is 9.88. The van der Waals surface area contributed by atoms with Crippen molar-refractivity contribution in [2.45, 2.75) is 40.5 Å². The van der Waals surface area contributed by atoms with E-state index >= 15 is 0 Å². The summed E-state index contributed by atoms with van der Waals surface area (Å²) in [7, 11) is 0. The van der Waals surface area contributed by atoms with E-state index in [2.05, 4.69) is 26.1 Å². The summed E-state index contributed by atoms with van der Waals surface area (Å²) in [5, 5.41) is 2.86. The van der Waals surface area contributed by atoms with E-state index in [1.165, 1.54) is 16.7 Å². The second kappa shape index (κ2) is 5.21. The summed E-state index contributed by atoms with van der Waals surface area (Å²) < 4.78 is 0. The summed E-state index contributed by atoms with van der Waals surface area (Å²) in [6, 6.07) is 2.02. The minimum Gasteiger partial charge on any atom is -0.398 e. The number of amides is 1. The van der Waals surface area contributed by atoms with Crippen molar-refractivity contribution in [3.63, 3.8) is 0 Å². The van der Waals surface area contributed by atoms with Crippen LogP contribution in [0, 0.1) is 20.8 Å². The lowest BCUT2D eigenvalue weighted by Gasteiger charge is -2.20. The van der Waals surface area contributed by atoms with Gasteiger partial charge in [0.1, 0.15) is 0 Å². The highest BCUT2D eigenvalue weighted by atomic mass is 16.1. The van der Waals surface area contributed by atoms with Gasteiger partial charge < -0.3 is 11.1 Å². The molecule has 1 aromatic rings. The number of hydrogen-bond donors (Lipinski definition) is 2. The number of nitrogens with one attached hydrogen (secondary N) is 1. The van der Waals surface area contributed by atoms with Crippen LogP contribution in [0.25, 0.3) is 0 Å². The van der Waals surface area contributed by atoms with Crippen LogP contribution >= 0.6 is 0 Å². The zero-order valence-corrected chi connectivity index (χ0v) is 11.3. The first-order valence-corrected chi connectivity index (χ1v) is 5.95. The Labute approximate surface area is 103 Å². The van der Waals surface area contributed by atoms with Crippen molar-refractivity contribution < 1.29 is 4.79 Å². The van der Waals surface area contributed by atoms with E-state index in [0.29, 0.717) is 12.5 Å². The number of carbonyl (C=O) groups is 1. The Balaban J connectivity index is 3.05. The first-order valence-electron chi connectivity index (χ1n) is 5.95. The van der Waals surface area contributed by atoms with Gasteiger partial charge in [-0.05, 0) is 55.0 Å². The van der Waals surface area contributed by atoms with Gasteiger partial charge in [-0.25, -0.2) is 0 Å². The van der Waals surface area contributed by atoms with Gasteiger partial charge in [-0.2, -0.15) is 0 Å². The van der Waals surface area contributed by atoms with E-state index in [0.717, 1.165) is 11.3 Å². The van der Waals surface area contributed by atoms with Crippen molar-refractivity contribution in [3.05, 3.63) is 28.3 Å². The highest BCUT2D eigenvalue weighted by molar-refractivity contribution is 5.72.